The summed E-state index contributed by atoms with van der Waals surface area (Å²) in [6.45, 7) is 12.2. The number of carbonyl (C=O) groups excluding carboxylic acids is 1. The van der Waals surface area contributed by atoms with Gasteiger partial charge in [-0.3, -0.25) is 0 Å². The van der Waals surface area contributed by atoms with E-state index in [-0.39, 0.29) is 66.7 Å². The molecule has 0 aromatic rings. The number of hydrogen-bond donors (Lipinski definition) is 5. The third-order valence-electron chi connectivity index (χ3n) is 16.4. The van der Waals surface area contributed by atoms with Crippen molar-refractivity contribution in [3.05, 3.63) is 11.6 Å². The van der Waals surface area contributed by atoms with Crippen molar-refractivity contribution in [2.45, 2.75) is 198 Å². The lowest BCUT2D eigenvalue weighted by atomic mass is 9.42. The Hall–Kier alpha value is -1.23. The van der Waals surface area contributed by atoms with Crippen LogP contribution in [0.1, 0.15) is 112 Å². The number of rotatable bonds is 7. The molecule has 5 N–H and O–H groups in total. The number of esters is 1. The van der Waals surface area contributed by atoms with Crippen LogP contribution >= 0.6 is 0 Å². The van der Waals surface area contributed by atoms with E-state index in [1.165, 1.54) is 0 Å². The van der Waals surface area contributed by atoms with E-state index >= 15 is 0 Å². The second kappa shape index (κ2) is 15.1. The number of aliphatic hydroxyl groups excluding tert-OH is 4. The van der Waals surface area contributed by atoms with Gasteiger partial charge in [-0.2, -0.15) is 0 Å². The molecule has 21 atom stereocenters. The number of aliphatic hydroxyl groups is 5. The zero-order valence-electron chi connectivity index (χ0n) is 33.5. The third-order valence-corrected chi connectivity index (χ3v) is 16.4. The Balaban J connectivity index is 0.837. The van der Waals surface area contributed by atoms with E-state index in [0.29, 0.717) is 25.2 Å². The molecule has 13 nitrogen and oxygen atoms in total. The summed E-state index contributed by atoms with van der Waals surface area (Å²) in [5, 5.41) is 57.2. The molecule has 4 saturated carbocycles. The highest BCUT2D eigenvalue weighted by Gasteiger charge is 2.71. The molecule has 8 aliphatic rings. The maximum absolute atomic E-state index is 12.6. The summed E-state index contributed by atoms with van der Waals surface area (Å²) in [5.41, 5.74) is -0.861. The molecular formula is C42H66O13. The molecule has 7 fully saturated rings. The van der Waals surface area contributed by atoms with Gasteiger partial charge in [0.1, 0.15) is 18.8 Å². The number of fused-ring (bicyclic) bond motifs is 5. The highest BCUT2D eigenvalue weighted by Crippen LogP contribution is 2.70. The maximum Gasteiger partial charge on any atom is 0.331 e. The molecule has 4 heterocycles. The maximum atomic E-state index is 12.6. The minimum absolute atomic E-state index is 0.00416. The van der Waals surface area contributed by atoms with E-state index in [1.54, 1.807) is 6.08 Å². The molecule has 0 amide bonds. The summed E-state index contributed by atoms with van der Waals surface area (Å²) >= 11 is 0. The standard InChI is InChI=1S/C42H66O13/c1-20-21(2)50-36(16-30(20)43)54-39-23(4)52-37(18-32(39)45)55-38-22(3)51-35(17-31(38)44)53-26-9-11-40(5)25(14-26)7-8-28-29(40)15-33(46)41(6)27(10-12-42(28,41)48)24-13-34(47)49-19-24/h13,20-23,25-33,35-39,43-46,48H,7-12,14-19H2,1-6H3/t20-,21-,22-,23-,25?,26+,27-,28?,29?,30+,31+,32+,33-,35+,36?,37?,38-,39-,40+,41+,42+/m1/s1. The molecule has 0 spiro atoms. The van der Waals surface area contributed by atoms with Crippen LogP contribution in [-0.4, -0.2) is 124 Å². The van der Waals surface area contributed by atoms with Crippen LogP contribution in [-0.2, 0) is 38.0 Å². The van der Waals surface area contributed by atoms with Gasteiger partial charge in [0.05, 0.1) is 54.4 Å². The van der Waals surface area contributed by atoms with E-state index in [2.05, 4.69) is 6.92 Å². The molecular weight excluding hydrogens is 712 g/mol. The van der Waals surface area contributed by atoms with Crippen molar-refractivity contribution in [3.63, 3.8) is 0 Å². The smallest absolute Gasteiger partial charge is 0.331 e. The van der Waals surface area contributed by atoms with Crippen LogP contribution in [0.5, 0.6) is 0 Å². The summed E-state index contributed by atoms with van der Waals surface area (Å²) in [5.74, 6) is 0.240. The Morgan fingerprint density at radius 2 is 1.29 bits per heavy atom. The van der Waals surface area contributed by atoms with Crippen LogP contribution in [0.3, 0.4) is 0 Å². The van der Waals surface area contributed by atoms with Crippen LogP contribution in [0.2, 0.25) is 0 Å². The Labute approximate surface area is 325 Å². The fraction of sp³-hybridized carbons (Fsp3) is 0.929. The minimum Gasteiger partial charge on any atom is -0.458 e. The van der Waals surface area contributed by atoms with Gasteiger partial charge in [0.15, 0.2) is 18.9 Å². The summed E-state index contributed by atoms with van der Waals surface area (Å²) < 4.78 is 42.6. The summed E-state index contributed by atoms with van der Waals surface area (Å²) in [6, 6.07) is 0. The first-order chi connectivity index (χ1) is 26.0. The van der Waals surface area contributed by atoms with Gasteiger partial charge in [0.2, 0.25) is 0 Å². The molecule has 0 radical (unpaired) electrons. The third kappa shape index (κ3) is 6.96. The van der Waals surface area contributed by atoms with Crippen LogP contribution < -0.4 is 0 Å². The second-order valence-electron chi connectivity index (χ2n) is 19.2. The van der Waals surface area contributed by atoms with Crippen molar-refractivity contribution < 1.29 is 63.5 Å². The van der Waals surface area contributed by atoms with Crippen molar-refractivity contribution in [2.75, 3.05) is 6.61 Å². The molecule has 3 saturated heterocycles. The molecule has 312 valence electrons. The SMILES string of the molecule is C[C@H]1[C@@H](O)CC(O[C@H]2[C@@H](O)CC(O[C@H]3[C@@H](O)C[C@H](O[C@H]4CC[C@@]5(C)C(CCC6C5C[C@@H](O)[C@]5(C)[C@@H](C7=CC(=O)OC7)CC[C@]65O)C4)O[C@@H]3C)O[C@@H]2C)O[C@@H]1C. The molecule has 55 heavy (non-hydrogen) atoms. The average Bonchev–Trinajstić information content (AvgIpc) is 3.67. The Morgan fingerprint density at radius 1 is 0.691 bits per heavy atom. The number of cyclic esters (lactones) is 1. The van der Waals surface area contributed by atoms with Crippen molar-refractivity contribution >= 4 is 5.97 Å². The monoisotopic (exact) mass is 778 g/mol. The van der Waals surface area contributed by atoms with Gasteiger partial charge in [-0.05, 0) is 107 Å². The zero-order chi connectivity index (χ0) is 39.2. The van der Waals surface area contributed by atoms with Crippen LogP contribution in [0, 0.1) is 40.4 Å². The van der Waals surface area contributed by atoms with Crippen molar-refractivity contribution in [2.24, 2.45) is 40.4 Å². The molecule has 4 aliphatic carbocycles. The molecule has 5 unspecified atom stereocenters. The lowest BCUT2D eigenvalue weighted by molar-refractivity contribution is -0.334. The Bertz CT molecular complexity index is 1410. The number of ether oxygens (including phenoxy) is 7. The summed E-state index contributed by atoms with van der Waals surface area (Å²) in [4.78, 5) is 11.9. The van der Waals surface area contributed by atoms with Crippen LogP contribution in [0.4, 0.5) is 0 Å². The van der Waals surface area contributed by atoms with Gasteiger partial charge in [-0.1, -0.05) is 20.8 Å². The number of hydrogen-bond acceptors (Lipinski definition) is 13. The van der Waals surface area contributed by atoms with E-state index in [0.717, 1.165) is 44.1 Å². The summed E-state index contributed by atoms with van der Waals surface area (Å²) in [7, 11) is 0. The zero-order valence-corrected chi connectivity index (χ0v) is 33.5. The van der Waals surface area contributed by atoms with Gasteiger partial charge >= 0.3 is 5.97 Å². The van der Waals surface area contributed by atoms with Gasteiger partial charge in [0, 0.05) is 36.7 Å². The normalized spacial score (nSPS) is 55.5. The van der Waals surface area contributed by atoms with E-state index in [1.807, 2.05) is 34.6 Å². The molecule has 13 heteroatoms. The lowest BCUT2D eigenvalue weighted by Crippen LogP contribution is -2.67. The molecule has 0 bridgehead atoms. The highest BCUT2D eigenvalue weighted by atomic mass is 16.7. The van der Waals surface area contributed by atoms with Gasteiger partial charge in [-0.15, -0.1) is 0 Å². The van der Waals surface area contributed by atoms with E-state index in [4.69, 9.17) is 33.2 Å². The number of carbonyl (C=O) groups is 1. The first-order valence-electron chi connectivity index (χ1n) is 21.3. The molecule has 4 aliphatic heterocycles. The fourth-order valence-corrected chi connectivity index (χ4v) is 12.9. The minimum atomic E-state index is -1.00. The predicted octanol–water partition coefficient (Wildman–Crippen LogP) is 3.49. The quantitative estimate of drug-likeness (QED) is 0.187. The van der Waals surface area contributed by atoms with Gasteiger partial charge in [-0.25, -0.2) is 4.79 Å². The van der Waals surface area contributed by atoms with Crippen LogP contribution in [0.25, 0.3) is 0 Å². The highest BCUT2D eigenvalue weighted by molar-refractivity contribution is 5.85. The topological polar surface area (TPSA) is 183 Å². The average molecular weight is 779 g/mol. The first-order valence-corrected chi connectivity index (χ1v) is 21.3. The molecule has 8 rings (SSSR count). The second-order valence-corrected chi connectivity index (χ2v) is 19.2. The van der Waals surface area contributed by atoms with Crippen molar-refractivity contribution in [1.82, 2.24) is 0 Å². The van der Waals surface area contributed by atoms with E-state index in [9.17, 15) is 30.3 Å². The lowest BCUT2D eigenvalue weighted by Gasteiger charge is -2.65. The fourth-order valence-electron chi connectivity index (χ4n) is 12.9. The van der Waals surface area contributed by atoms with E-state index < -0.39 is 78.7 Å². The van der Waals surface area contributed by atoms with Crippen LogP contribution in [0.15, 0.2) is 11.6 Å². The first kappa shape index (κ1) is 40.5. The van der Waals surface area contributed by atoms with Gasteiger partial charge in [0.25, 0.3) is 0 Å². The predicted molar refractivity (Wildman–Crippen MR) is 196 cm³/mol. The van der Waals surface area contributed by atoms with Crippen molar-refractivity contribution in [3.8, 4) is 0 Å². The van der Waals surface area contributed by atoms with Gasteiger partial charge < -0.3 is 58.7 Å². The largest absolute Gasteiger partial charge is 0.458 e. The molecule has 0 aromatic carbocycles. The molecule has 0 aromatic heterocycles. The Kier molecular flexibility index (Phi) is 11.1. The Morgan fingerprint density at radius 3 is 1.87 bits per heavy atom. The van der Waals surface area contributed by atoms with Crippen molar-refractivity contribution in [1.29, 1.82) is 0 Å². The summed E-state index contributed by atoms with van der Waals surface area (Å²) in [6.07, 6.45) is 1.30.